The van der Waals surface area contributed by atoms with Gasteiger partial charge >= 0.3 is 0 Å². The Kier molecular flexibility index (Phi) is 3.09. The lowest BCUT2D eigenvalue weighted by molar-refractivity contribution is 0.209. The summed E-state index contributed by atoms with van der Waals surface area (Å²) in [6, 6.07) is 8.14. The molecule has 2 aromatic rings. The molecule has 3 heterocycles. The molecular formula is C15H15N3OS. The Labute approximate surface area is 122 Å². The van der Waals surface area contributed by atoms with Gasteiger partial charge in [0.15, 0.2) is 11.9 Å². The average molecular weight is 285 g/mol. The van der Waals surface area contributed by atoms with E-state index < -0.39 is 0 Å². The van der Waals surface area contributed by atoms with E-state index in [0.29, 0.717) is 0 Å². The molecule has 1 atom stereocenters. The third-order valence-corrected chi connectivity index (χ3v) is 4.74. The first-order valence-electron chi connectivity index (χ1n) is 6.84. The van der Waals surface area contributed by atoms with Gasteiger partial charge in [-0.2, -0.15) is 0 Å². The standard InChI is InChI=1S/C15H15N3OS/c1-2-4-14-12(3-1)19-13(9-20-14)15-17-8-10-7-16-6-5-11(10)18-15/h1-4,8,13,16H,5-7,9H2. The number of hydrogen-bond acceptors (Lipinski definition) is 5. The summed E-state index contributed by atoms with van der Waals surface area (Å²) in [5.74, 6) is 2.62. The molecule has 0 fully saturated rings. The highest BCUT2D eigenvalue weighted by Crippen LogP contribution is 2.39. The molecule has 102 valence electrons. The first kappa shape index (κ1) is 12.2. The number of nitrogens with zero attached hydrogens (tertiary/aromatic N) is 2. The minimum absolute atomic E-state index is 0.0462. The fraction of sp³-hybridized carbons (Fsp3) is 0.333. The Morgan fingerprint density at radius 3 is 3.25 bits per heavy atom. The van der Waals surface area contributed by atoms with Crippen molar-refractivity contribution in [2.24, 2.45) is 0 Å². The maximum atomic E-state index is 6.05. The van der Waals surface area contributed by atoms with E-state index in [9.17, 15) is 0 Å². The average Bonchev–Trinajstić information content (AvgIpc) is 2.54. The van der Waals surface area contributed by atoms with Crippen LogP contribution in [0.5, 0.6) is 5.75 Å². The molecule has 4 rings (SSSR count). The Balaban J connectivity index is 1.63. The smallest absolute Gasteiger partial charge is 0.170 e. The van der Waals surface area contributed by atoms with E-state index in [1.165, 1.54) is 16.2 Å². The van der Waals surface area contributed by atoms with Crippen molar-refractivity contribution < 1.29 is 4.74 Å². The monoisotopic (exact) mass is 285 g/mol. The Hall–Kier alpha value is -1.59. The summed E-state index contributed by atoms with van der Waals surface area (Å²) < 4.78 is 6.05. The van der Waals surface area contributed by atoms with Gasteiger partial charge in [-0.3, -0.25) is 0 Å². The molecule has 4 nitrogen and oxygen atoms in total. The molecule has 5 heteroatoms. The molecule has 2 aliphatic heterocycles. The van der Waals surface area contributed by atoms with Gasteiger partial charge in [-0.15, -0.1) is 11.8 Å². The van der Waals surface area contributed by atoms with Crippen LogP contribution in [0.2, 0.25) is 0 Å². The summed E-state index contributed by atoms with van der Waals surface area (Å²) in [6.07, 6.45) is 2.87. The molecule has 0 spiro atoms. The SMILES string of the molecule is c1ccc2c(c1)OC(c1ncc3c(n1)CCNC3)CS2. The number of para-hydroxylation sites is 1. The van der Waals surface area contributed by atoms with E-state index in [0.717, 1.165) is 36.8 Å². The van der Waals surface area contributed by atoms with Gasteiger partial charge < -0.3 is 10.1 Å². The summed E-state index contributed by atoms with van der Waals surface area (Å²) in [7, 11) is 0. The number of ether oxygens (including phenoxy) is 1. The molecule has 0 aliphatic carbocycles. The molecule has 0 saturated heterocycles. The Morgan fingerprint density at radius 2 is 2.25 bits per heavy atom. The van der Waals surface area contributed by atoms with Gasteiger partial charge in [-0.1, -0.05) is 12.1 Å². The van der Waals surface area contributed by atoms with Crippen molar-refractivity contribution in [1.82, 2.24) is 15.3 Å². The highest BCUT2D eigenvalue weighted by molar-refractivity contribution is 7.99. The van der Waals surface area contributed by atoms with Crippen molar-refractivity contribution in [3.63, 3.8) is 0 Å². The molecular weight excluding hydrogens is 270 g/mol. The van der Waals surface area contributed by atoms with Crippen LogP contribution in [0.4, 0.5) is 0 Å². The van der Waals surface area contributed by atoms with E-state index in [1.54, 1.807) is 0 Å². The van der Waals surface area contributed by atoms with Crippen LogP contribution in [0.1, 0.15) is 23.2 Å². The maximum absolute atomic E-state index is 6.05. The highest BCUT2D eigenvalue weighted by atomic mass is 32.2. The predicted molar refractivity (Wildman–Crippen MR) is 78.0 cm³/mol. The zero-order chi connectivity index (χ0) is 13.4. The molecule has 0 radical (unpaired) electrons. The zero-order valence-electron chi connectivity index (χ0n) is 11.0. The Morgan fingerprint density at radius 1 is 1.30 bits per heavy atom. The summed E-state index contributed by atoms with van der Waals surface area (Å²) in [5.41, 5.74) is 2.38. The third kappa shape index (κ3) is 2.17. The largest absolute Gasteiger partial charge is 0.480 e. The van der Waals surface area contributed by atoms with Crippen molar-refractivity contribution in [3.05, 3.63) is 47.5 Å². The number of aromatic nitrogens is 2. The minimum Gasteiger partial charge on any atom is -0.480 e. The first-order chi connectivity index (χ1) is 9.90. The van der Waals surface area contributed by atoms with Gasteiger partial charge in [0.1, 0.15) is 5.75 Å². The van der Waals surface area contributed by atoms with Crippen LogP contribution < -0.4 is 10.1 Å². The quantitative estimate of drug-likeness (QED) is 0.871. The summed E-state index contributed by atoms with van der Waals surface area (Å²) in [4.78, 5) is 10.4. The molecule has 2 aliphatic rings. The van der Waals surface area contributed by atoms with Gasteiger partial charge in [-0.25, -0.2) is 9.97 Å². The van der Waals surface area contributed by atoms with Crippen molar-refractivity contribution >= 4 is 11.8 Å². The highest BCUT2D eigenvalue weighted by Gasteiger charge is 2.25. The van der Waals surface area contributed by atoms with Gasteiger partial charge in [0.25, 0.3) is 0 Å². The second kappa shape index (κ2) is 5.07. The number of thioether (sulfide) groups is 1. The van der Waals surface area contributed by atoms with E-state index in [2.05, 4.69) is 16.4 Å². The molecule has 1 aromatic carbocycles. The number of rotatable bonds is 1. The van der Waals surface area contributed by atoms with Crippen LogP contribution in [-0.2, 0) is 13.0 Å². The number of fused-ring (bicyclic) bond motifs is 2. The van der Waals surface area contributed by atoms with E-state index in [1.807, 2.05) is 36.2 Å². The molecule has 1 N–H and O–H groups in total. The van der Waals surface area contributed by atoms with Gasteiger partial charge in [0.05, 0.1) is 0 Å². The van der Waals surface area contributed by atoms with Crippen LogP contribution in [0.15, 0.2) is 35.4 Å². The molecule has 20 heavy (non-hydrogen) atoms. The minimum atomic E-state index is -0.0462. The first-order valence-corrected chi connectivity index (χ1v) is 7.82. The van der Waals surface area contributed by atoms with Crippen molar-refractivity contribution in [2.45, 2.75) is 24.0 Å². The molecule has 1 aromatic heterocycles. The zero-order valence-corrected chi connectivity index (χ0v) is 11.8. The Bertz CT molecular complexity index is 647. The predicted octanol–water partition coefficient (Wildman–Crippen LogP) is 2.35. The number of hydrogen-bond donors (Lipinski definition) is 1. The maximum Gasteiger partial charge on any atom is 0.170 e. The lowest BCUT2D eigenvalue weighted by Crippen LogP contribution is -2.26. The molecule has 0 bridgehead atoms. The summed E-state index contributed by atoms with van der Waals surface area (Å²) >= 11 is 1.81. The molecule has 0 amide bonds. The second-order valence-corrected chi connectivity index (χ2v) is 6.05. The van der Waals surface area contributed by atoms with Gasteiger partial charge in [0, 0.05) is 47.6 Å². The molecule has 0 saturated carbocycles. The van der Waals surface area contributed by atoms with E-state index in [-0.39, 0.29) is 6.10 Å². The van der Waals surface area contributed by atoms with Crippen LogP contribution >= 0.6 is 11.8 Å². The fourth-order valence-corrected chi connectivity index (χ4v) is 3.53. The lowest BCUT2D eigenvalue weighted by Gasteiger charge is -2.25. The van der Waals surface area contributed by atoms with E-state index in [4.69, 9.17) is 9.72 Å². The van der Waals surface area contributed by atoms with Crippen molar-refractivity contribution in [3.8, 4) is 5.75 Å². The number of benzene rings is 1. The van der Waals surface area contributed by atoms with Gasteiger partial charge in [-0.05, 0) is 12.1 Å². The topological polar surface area (TPSA) is 47.0 Å². The fourth-order valence-electron chi connectivity index (χ4n) is 2.55. The number of nitrogens with one attached hydrogen (secondary N) is 1. The second-order valence-electron chi connectivity index (χ2n) is 4.99. The summed E-state index contributed by atoms with van der Waals surface area (Å²) in [5, 5.41) is 3.34. The van der Waals surface area contributed by atoms with Crippen molar-refractivity contribution in [1.29, 1.82) is 0 Å². The van der Waals surface area contributed by atoms with Crippen LogP contribution in [0, 0.1) is 0 Å². The lowest BCUT2D eigenvalue weighted by atomic mass is 10.1. The van der Waals surface area contributed by atoms with Crippen LogP contribution in [0.25, 0.3) is 0 Å². The van der Waals surface area contributed by atoms with E-state index >= 15 is 0 Å². The molecule has 1 unspecified atom stereocenters. The van der Waals surface area contributed by atoms with Crippen LogP contribution in [0.3, 0.4) is 0 Å². The third-order valence-electron chi connectivity index (χ3n) is 3.62. The van der Waals surface area contributed by atoms with Gasteiger partial charge in [0.2, 0.25) is 0 Å². The van der Waals surface area contributed by atoms with Crippen LogP contribution in [-0.4, -0.2) is 22.3 Å². The van der Waals surface area contributed by atoms with Crippen molar-refractivity contribution in [2.75, 3.05) is 12.3 Å². The normalized spacial score (nSPS) is 20.7. The summed E-state index contributed by atoms with van der Waals surface area (Å²) in [6.45, 7) is 1.87.